The van der Waals surface area contributed by atoms with Gasteiger partial charge in [0.25, 0.3) is 5.56 Å². The van der Waals surface area contributed by atoms with E-state index in [1.807, 2.05) is 12.1 Å². The summed E-state index contributed by atoms with van der Waals surface area (Å²) in [5, 5.41) is 0. The van der Waals surface area contributed by atoms with Gasteiger partial charge in [-0.3, -0.25) is 9.36 Å². The van der Waals surface area contributed by atoms with Gasteiger partial charge in [0, 0.05) is 6.08 Å². The van der Waals surface area contributed by atoms with E-state index in [4.69, 9.17) is 18.6 Å². The van der Waals surface area contributed by atoms with Crippen LogP contribution in [0.4, 0.5) is 0 Å². The first-order valence-electron chi connectivity index (χ1n) is 9.81. The molecule has 32 heavy (non-hydrogen) atoms. The second-order valence-electron chi connectivity index (χ2n) is 7.06. The zero-order chi connectivity index (χ0) is 22.4. The summed E-state index contributed by atoms with van der Waals surface area (Å²) in [6.07, 6.45) is 1.69. The van der Waals surface area contributed by atoms with Gasteiger partial charge in [-0.15, -0.1) is 0 Å². The molecule has 3 aromatic rings. The Labute approximate surface area is 199 Å². The number of furan rings is 1. The topological polar surface area (TPSA) is 92.3 Å². The van der Waals surface area contributed by atoms with Gasteiger partial charge in [-0.1, -0.05) is 17.4 Å². The quantitative estimate of drug-likeness (QED) is 0.358. The number of allylic oxidation sites excluding steroid dienone is 1. The zero-order valence-corrected chi connectivity index (χ0v) is 20.1. The number of nitrogens with zero attached hydrogens (tertiary/aromatic N) is 2. The van der Waals surface area contributed by atoms with E-state index in [0.717, 1.165) is 3.77 Å². The first-order chi connectivity index (χ1) is 15.5. The third kappa shape index (κ3) is 3.56. The van der Waals surface area contributed by atoms with Gasteiger partial charge in [0.15, 0.2) is 20.1 Å². The predicted molar refractivity (Wildman–Crippen MR) is 124 cm³/mol. The monoisotopic (exact) mass is 564 g/mol. The SMILES string of the molecule is CCOC(=O)C1=C(C)N=c2sc(=Cc3ccc(I)o3)c(=O)n2C1c1ccc2c(c1)OCO2. The number of thiazole rings is 1. The molecule has 0 spiro atoms. The highest BCUT2D eigenvalue weighted by Gasteiger charge is 2.34. The van der Waals surface area contributed by atoms with Gasteiger partial charge in [-0.05, 0) is 66.3 Å². The number of carbonyl (C=O) groups is 1. The van der Waals surface area contributed by atoms with Crippen LogP contribution in [0, 0.1) is 3.77 Å². The zero-order valence-electron chi connectivity index (χ0n) is 17.1. The summed E-state index contributed by atoms with van der Waals surface area (Å²) in [6, 6.07) is 8.29. The highest BCUT2D eigenvalue weighted by atomic mass is 127. The maximum atomic E-state index is 13.5. The maximum absolute atomic E-state index is 13.5. The number of fused-ring (bicyclic) bond motifs is 2. The summed E-state index contributed by atoms with van der Waals surface area (Å²) >= 11 is 3.31. The van der Waals surface area contributed by atoms with Crippen molar-refractivity contribution in [1.82, 2.24) is 4.57 Å². The number of aromatic nitrogens is 1. The van der Waals surface area contributed by atoms with Crippen LogP contribution in [0.1, 0.15) is 31.2 Å². The van der Waals surface area contributed by atoms with Crippen LogP contribution in [0.2, 0.25) is 0 Å². The molecule has 1 aromatic carbocycles. The molecule has 0 fully saturated rings. The van der Waals surface area contributed by atoms with E-state index in [1.54, 1.807) is 38.1 Å². The molecule has 1 atom stereocenters. The lowest BCUT2D eigenvalue weighted by Crippen LogP contribution is -2.39. The minimum atomic E-state index is -0.710. The molecule has 0 N–H and O–H groups in total. The Morgan fingerprint density at radius 2 is 2.12 bits per heavy atom. The van der Waals surface area contributed by atoms with Crippen LogP contribution in [0.5, 0.6) is 11.5 Å². The van der Waals surface area contributed by atoms with Gasteiger partial charge in [0.05, 0.1) is 28.5 Å². The van der Waals surface area contributed by atoms with Gasteiger partial charge in [0.1, 0.15) is 5.76 Å². The van der Waals surface area contributed by atoms with Gasteiger partial charge in [0.2, 0.25) is 6.79 Å². The van der Waals surface area contributed by atoms with Gasteiger partial charge >= 0.3 is 5.97 Å². The van der Waals surface area contributed by atoms with Crippen molar-refractivity contribution in [2.75, 3.05) is 13.4 Å². The molecule has 5 rings (SSSR count). The number of halogens is 1. The number of esters is 1. The lowest BCUT2D eigenvalue weighted by molar-refractivity contribution is -0.139. The first-order valence-corrected chi connectivity index (χ1v) is 11.7. The summed E-state index contributed by atoms with van der Waals surface area (Å²) in [5.41, 5.74) is 1.26. The van der Waals surface area contributed by atoms with E-state index in [2.05, 4.69) is 27.6 Å². The van der Waals surface area contributed by atoms with Gasteiger partial charge in [-0.2, -0.15) is 0 Å². The third-order valence-corrected chi connectivity index (χ3v) is 6.66. The fraction of sp³-hybridized carbons (Fsp3) is 0.227. The third-order valence-electron chi connectivity index (χ3n) is 5.10. The summed E-state index contributed by atoms with van der Waals surface area (Å²) in [5.74, 6) is 1.24. The predicted octanol–water partition coefficient (Wildman–Crippen LogP) is 2.72. The summed E-state index contributed by atoms with van der Waals surface area (Å²) < 4.78 is 24.5. The lowest BCUT2D eigenvalue weighted by Gasteiger charge is -2.24. The maximum Gasteiger partial charge on any atom is 0.338 e. The number of hydrogen-bond donors (Lipinski definition) is 0. The Bertz CT molecular complexity index is 1450. The van der Waals surface area contributed by atoms with E-state index in [-0.39, 0.29) is 19.0 Å². The molecule has 2 aliphatic heterocycles. The normalized spacial score (nSPS) is 17.3. The Kier molecular flexibility index (Phi) is 5.41. The van der Waals surface area contributed by atoms with Crippen LogP contribution in [-0.4, -0.2) is 23.9 Å². The summed E-state index contributed by atoms with van der Waals surface area (Å²) in [7, 11) is 0. The fourth-order valence-corrected chi connectivity index (χ4v) is 5.19. The second-order valence-corrected chi connectivity index (χ2v) is 9.13. The van der Waals surface area contributed by atoms with Gasteiger partial charge in [-0.25, -0.2) is 9.79 Å². The molecule has 0 amide bonds. The number of ether oxygens (including phenoxy) is 3. The molecule has 0 bridgehead atoms. The molecular weight excluding hydrogens is 547 g/mol. The molecule has 0 radical (unpaired) electrons. The Hall–Kier alpha value is -2.86. The standard InChI is InChI=1S/C22H17IN2O6S/c1-3-28-21(27)18-11(2)24-22-25(19(18)12-4-6-14-15(8-12)30-10-29-14)20(26)16(32-22)9-13-5-7-17(23)31-13/h4-9,19H,3,10H2,1-2H3. The minimum absolute atomic E-state index is 0.128. The first kappa shape index (κ1) is 21.0. The van der Waals surface area contributed by atoms with Crippen molar-refractivity contribution in [2.24, 2.45) is 4.99 Å². The average molecular weight is 564 g/mol. The van der Waals surface area contributed by atoms with Crippen LogP contribution < -0.4 is 24.4 Å². The molecule has 164 valence electrons. The Balaban J connectivity index is 1.73. The van der Waals surface area contributed by atoms with Crippen LogP contribution in [0.25, 0.3) is 6.08 Å². The van der Waals surface area contributed by atoms with Crippen LogP contribution >= 0.6 is 33.9 Å². The molecule has 0 saturated carbocycles. The van der Waals surface area contributed by atoms with E-state index in [1.165, 1.54) is 15.9 Å². The molecule has 0 saturated heterocycles. The lowest BCUT2D eigenvalue weighted by atomic mass is 9.95. The smallest absolute Gasteiger partial charge is 0.338 e. The van der Waals surface area contributed by atoms with E-state index >= 15 is 0 Å². The summed E-state index contributed by atoms with van der Waals surface area (Å²) in [4.78, 5) is 31.5. The van der Waals surface area contributed by atoms with Crippen LogP contribution in [-0.2, 0) is 9.53 Å². The molecule has 10 heteroatoms. The number of carbonyl (C=O) groups excluding carboxylic acids is 1. The number of benzene rings is 1. The summed E-state index contributed by atoms with van der Waals surface area (Å²) in [6.45, 7) is 3.83. The van der Waals surface area contributed by atoms with Crippen molar-refractivity contribution in [2.45, 2.75) is 19.9 Å². The molecule has 1 unspecified atom stereocenters. The van der Waals surface area contributed by atoms with Gasteiger partial charge < -0.3 is 18.6 Å². The van der Waals surface area contributed by atoms with E-state index < -0.39 is 12.0 Å². The van der Waals surface area contributed by atoms with Crippen molar-refractivity contribution in [3.8, 4) is 11.5 Å². The minimum Gasteiger partial charge on any atom is -0.463 e. The Morgan fingerprint density at radius 1 is 1.31 bits per heavy atom. The van der Waals surface area contributed by atoms with Crippen LogP contribution in [0.3, 0.4) is 0 Å². The number of hydrogen-bond acceptors (Lipinski definition) is 8. The molecule has 8 nitrogen and oxygen atoms in total. The van der Waals surface area contributed by atoms with Crippen molar-refractivity contribution in [3.63, 3.8) is 0 Å². The van der Waals surface area contributed by atoms with Crippen molar-refractivity contribution >= 4 is 46.0 Å². The fourth-order valence-electron chi connectivity index (χ4n) is 3.73. The van der Waals surface area contributed by atoms with Crippen LogP contribution in [0.15, 0.2) is 55.8 Å². The van der Waals surface area contributed by atoms with E-state index in [9.17, 15) is 9.59 Å². The molecule has 2 aliphatic rings. The largest absolute Gasteiger partial charge is 0.463 e. The highest BCUT2D eigenvalue weighted by molar-refractivity contribution is 14.1. The van der Waals surface area contributed by atoms with Crippen molar-refractivity contribution < 1.29 is 23.4 Å². The van der Waals surface area contributed by atoms with Crippen molar-refractivity contribution in [1.29, 1.82) is 0 Å². The molecule has 4 heterocycles. The molecular formula is C22H17IN2O6S. The second kappa shape index (κ2) is 8.24. The highest BCUT2D eigenvalue weighted by Crippen LogP contribution is 2.38. The average Bonchev–Trinajstić information content (AvgIpc) is 3.46. The van der Waals surface area contributed by atoms with E-state index in [0.29, 0.717) is 43.4 Å². The Morgan fingerprint density at radius 3 is 2.88 bits per heavy atom. The molecule has 2 aromatic heterocycles. The van der Waals surface area contributed by atoms with Crippen molar-refractivity contribution in [3.05, 3.63) is 76.4 Å². The number of rotatable bonds is 4. The molecule has 0 aliphatic carbocycles.